The number of guanidine groups is 1. The number of thioether (sulfide) groups is 1. The third-order valence-electron chi connectivity index (χ3n) is 3.74. The topological polar surface area (TPSA) is 56.7 Å². The number of nitrogens with zero attached hydrogens (tertiary/aromatic N) is 1. The van der Waals surface area contributed by atoms with Crippen LogP contribution >= 0.6 is 11.8 Å². The third kappa shape index (κ3) is 7.56. The first-order valence-corrected chi connectivity index (χ1v) is 9.89. The van der Waals surface area contributed by atoms with Crippen LogP contribution in [0.5, 0.6) is 0 Å². The smallest absolute Gasteiger partial charge is 0.191 e. The van der Waals surface area contributed by atoms with Crippen LogP contribution in [-0.2, 0) is 13.2 Å². The van der Waals surface area contributed by atoms with Crippen molar-refractivity contribution in [2.75, 3.05) is 18.8 Å². The van der Waals surface area contributed by atoms with Gasteiger partial charge in [0.1, 0.15) is 11.6 Å². The highest BCUT2D eigenvalue weighted by molar-refractivity contribution is 7.99. The summed E-state index contributed by atoms with van der Waals surface area (Å²) in [7, 11) is 0. The number of rotatable bonds is 9. The van der Waals surface area contributed by atoms with Crippen molar-refractivity contribution in [1.29, 1.82) is 0 Å². The van der Waals surface area contributed by atoms with Crippen LogP contribution < -0.4 is 10.6 Å². The van der Waals surface area contributed by atoms with Gasteiger partial charge in [0.25, 0.3) is 0 Å². The van der Waals surface area contributed by atoms with Crippen molar-refractivity contribution in [3.05, 3.63) is 65.2 Å². The molecule has 2 aromatic rings. The van der Waals surface area contributed by atoms with Gasteiger partial charge in [-0.2, -0.15) is 0 Å². The van der Waals surface area contributed by atoms with E-state index in [9.17, 15) is 8.78 Å². The fourth-order valence-corrected chi connectivity index (χ4v) is 3.21. The van der Waals surface area contributed by atoms with Gasteiger partial charge in [0.2, 0.25) is 0 Å². The van der Waals surface area contributed by atoms with Crippen molar-refractivity contribution in [2.45, 2.75) is 31.4 Å². The van der Waals surface area contributed by atoms with E-state index in [1.165, 1.54) is 18.2 Å². The molecule has 3 N–H and O–H groups in total. The summed E-state index contributed by atoms with van der Waals surface area (Å²) in [6.45, 7) is 3.55. The first kappa shape index (κ1) is 21.2. The molecule has 7 heteroatoms. The van der Waals surface area contributed by atoms with E-state index in [1.54, 1.807) is 36.0 Å². The Morgan fingerprint density at radius 3 is 2.59 bits per heavy atom. The van der Waals surface area contributed by atoms with Crippen molar-refractivity contribution >= 4 is 17.7 Å². The maximum Gasteiger partial charge on any atom is 0.191 e. The number of halogens is 2. The van der Waals surface area contributed by atoms with Crippen molar-refractivity contribution in [3.8, 4) is 0 Å². The number of aliphatic hydroxyl groups is 1. The van der Waals surface area contributed by atoms with E-state index in [-0.39, 0.29) is 18.0 Å². The van der Waals surface area contributed by atoms with Crippen LogP contribution in [0.3, 0.4) is 0 Å². The maximum atomic E-state index is 13.4. The van der Waals surface area contributed by atoms with Gasteiger partial charge >= 0.3 is 0 Å². The summed E-state index contributed by atoms with van der Waals surface area (Å²) >= 11 is 1.68. The van der Waals surface area contributed by atoms with Crippen LogP contribution in [0, 0.1) is 11.6 Å². The summed E-state index contributed by atoms with van der Waals surface area (Å²) in [5.74, 6) is 0.975. The van der Waals surface area contributed by atoms with Gasteiger partial charge < -0.3 is 15.7 Å². The predicted octanol–water partition coefficient (Wildman–Crippen LogP) is 3.69. The first-order chi connectivity index (χ1) is 13.1. The van der Waals surface area contributed by atoms with E-state index in [2.05, 4.69) is 15.6 Å². The van der Waals surface area contributed by atoms with Crippen LogP contribution in [0.25, 0.3) is 0 Å². The van der Waals surface area contributed by atoms with Gasteiger partial charge in [-0.15, -0.1) is 11.8 Å². The first-order valence-electron chi connectivity index (χ1n) is 8.91. The zero-order valence-corrected chi connectivity index (χ0v) is 16.2. The minimum Gasteiger partial charge on any atom is -0.392 e. The molecule has 0 aliphatic rings. The summed E-state index contributed by atoms with van der Waals surface area (Å²) in [4.78, 5) is 5.55. The van der Waals surface area contributed by atoms with Gasteiger partial charge in [0.05, 0.1) is 13.2 Å². The van der Waals surface area contributed by atoms with Gasteiger partial charge in [0.15, 0.2) is 5.96 Å². The lowest BCUT2D eigenvalue weighted by Crippen LogP contribution is -2.37. The lowest BCUT2D eigenvalue weighted by molar-refractivity contribution is 0.275. The Morgan fingerprint density at radius 2 is 1.89 bits per heavy atom. The Labute approximate surface area is 163 Å². The molecule has 0 radical (unpaired) electrons. The second-order valence-corrected chi connectivity index (χ2v) is 7.03. The lowest BCUT2D eigenvalue weighted by Gasteiger charge is -2.11. The quantitative estimate of drug-likeness (QED) is 0.263. The fourth-order valence-electron chi connectivity index (χ4n) is 2.36. The monoisotopic (exact) mass is 393 g/mol. The molecular formula is C20H25F2N3OS. The van der Waals surface area contributed by atoms with Crippen molar-refractivity contribution in [2.24, 2.45) is 4.99 Å². The molecule has 0 saturated heterocycles. The van der Waals surface area contributed by atoms with E-state index in [0.717, 1.165) is 35.7 Å². The molecule has 0 unspecified atom stereocenters. The highest BCUT2D eigenvalue weighted by Gasteiger charge is 2.03. The lowest BCUT2D eigenvalue weighted by atomic mass is 10.1. The average molecular weight is 394 g/mol. The minimum atomic E-state index is -0.408. The standard InChI is InChI=1S/C20H25F2N3OS/c1-2-23-20(25-13-15-4-9-19(22)16(12-15)14-26)24-10-3-11-27-18-7-5-17(21)6-8-18/h4-9,12,26H,2-3,10-11,13-14H2,1H3,(H2,23,24,25). The van der Waals surface area contributed by atoms with Crippen LogP contribution in [-0.4, -0.2) is 29.9 Å². The number of hydrogen-bond acceptors (Lipinski definition) is 3. The van der Waals surface area contributed by atoms with E-state index < -0.39 is 5.82 Å². The van der Waals surface area contributed by atoms with Gasteiger partial charge in [-0.3, -0.25) is 0 Å². The van der Waals surface area contributed by atoms with Crippen LogP contribution in [0.15, 0.2) is 52.4 Å². The normalized spacial score (nSPS) is 11.5. The van der Waals surface area contributed by atoms with Gasteiger partial charge in [-0.1, -0.05) is 6.07 Å². The average Bonchev–Trinajstić information content (AvgIpc) is 2.68. The zero-order valence-electron chi connectivity index (χ0n) is 15.3. The molecule has 0 fully saturated rings. The van der Waals surface area contributed by atoms with E-state index in [0.29, 0.717) is 12.5 Å². The maximum absolute atomic E-state index is 13.4. The largest absolute Gasteiger partial charge is 0.392 e. The fraction of sp³-hybridized carbons (Fsp3) is 0.350. The molecule has 146 valence electrons. The van der Waals surface area contributed by atoms with Crippen LogP contribution in [0.4, 0.5) is 8.78 Å². The Morgan fingerprint density at radius 1 is 1.11 bits per heavy atom. The van der Waals surface area contributed by atoms with Crippen molar-refractivity contribution in [1.82, 2.24) is 10.6 Å². The molecule has 0 aliphatic heterocycles. The summed E-state index contributed by atoms with van der Waals surface area (Å²) in [5, 5.41) is 15.6. The summed E-state index contributed by atoms with van der Waals surface area (Å²) in [6.07, 6.45) is 0.928. The zero-order chi connectivity index (χ0) is 19.5. The summed E-state index contributed by atoms with van der Waals surface area (Å²) in [5.41, 5.74) is 1.11. The van der Waals surface area contributed by atoms with E-state index in [4.69, 9.17) is 5.11 Å². The Balaban J connectivity index is 1.78. The Kier molecular flexibility index (Phi) is 9.07. The molecule has 2 rings (SSSR count). The number of aliphatic hydroxyl groups excluding tert-OH is 1. The molecule has 0 saturated carbocycles. The van der Waals surface area contributed by atoms with E-state index in [1.807, 2.05) is 6.92 Å². The van der Waals surface area contributed by atoms with Crippen LogP contribution in [0.2, 0.25) is 0 Å². The van der Waals surface area contributed by atoms with Gasteiger partial charge in [0, 0.05) is 23.5 Å². The van der Waals surface area contributed by atoms with E-state index >= 15 is 0 Å². The molecule has 2 aromatic carbocycles. The summed E-state index contributed by atoms with van der Waals surface area (Å²) in [6, 6.07) is 11.1. The molecule has 0 atom stereocenters. The van der Waals surface area contributed by atoms with Crippen molar-refractivity contribution in [3.63, 3.8) is 0 Å². The molecule has 27 heavy (non-hydrogen) atoms. The number of nitrogens with one attached hydrogen (secondary N) is 2. The molecule has 0 heterocycles. The van der Waals surface area contributed by atoms with Crippen LogP contribution in [0.1, 0.15) is 24.5 Å². The SMILES string of the molecule is CCNC(=NCc1ccc(F)c(CO)c1)NCCCSc1ccc(F)cc1. The van der Waals surface area contributed by atoms with Gasteiger partial charge in [-0.25, -0.2) is 13.8 Å². The Hall–Kier alpha value is -2.12. The number of aliphatic imine (C=N–C) groups is 1. The van der Waals surface area contributed by atoms with Gasteiger partial charge in [-0.05, 0) is 61.1 Å². The molecule has 0 aliphatic carbocycles. The molecule has 0 bridgehead atoms. The molecule has 0 amide bonds. The van der Waals surface area contributed by atoms with Crippen molar-refractivity contribution < 1.29 is 13.9 Å². The summed E-state index contributed by atoms with van der Waals surface area (Å²) < 4.78 is 26.3. The highest BCUT2D eigenvalue weighted by atomic mass is 32.2. The second kappa shape index (κ2) is 11.6. The minimum absolute atomic E-state index is 0.222. The number of benzene rings is 2. The molecule has 4 nitrogen and oxygen atoms in total. The molecular weight excluding hydrogens is 368 g/mol. The Bertz CT molecular complexity index is 739. The number of hydrogen-bond donors (Lipinski definition) is 3. The highest BCUT2D eigenvalue weighted by Crippen LogP contribution is 2.18. The third-order valence-corrected chi connectivity index (χ3v) is 4.84. The predicted molar refractivity (Wildman–Crippen MR) is 107 cm³/mol. The molecule has 0 aromatic heterocycles. The molecule has 0 spiro atoms. The second-order valence-electron chi connectivity index (χ2n) is 5.86.